The van der Waals surface area contributed by atoms with E-state index in [0.717, 1.165) is 18.7 Å². The molecule has 120 valence electrons. The van der Waals surface area contributed by atoms with Crippen molar-refractivity contribution in [3.05, 3.63) is 29.8 Å². The van der Waals surface area contributed by atoms with Gasteiger partial charge in [-0.1, -0.05) is 32.9 Å². The van der Waals surface area contributed by atoms with Gasteiger partial charge in [0.2, 0.25) is 0 Å². The van der Waals surface area contributed by atoms with E-state index in [1.54, 1.807) is 7.11 Å². The molecule has 0 aliphatic rings. The molecule has 0 aromatic heterocycles. The first-order chi connectivity index (χ1) is 9.99. The van der Waals surface area contributed by atoms with Crippen LogP contribution in [0.15, 0.2) is 24.3 Å². The van der Waals surface area contributed by atoms with Gasteiger partial charge in [0.15, 0.2) is 0 Å². The first kappa shape index (κ1) is 18.3. The van der Waals surface area contributed by atoms with Crippen LogP contribution in [0.2, 0.25) is 0 Å². The van der Waals surface area contributed by atoms with Gasteiger partial charge >= 0.3 is 0 Å². The van der Waals surface area contributed by atoms with Gasteiger partial charge in [-0.2, -0.15) is 11.8 Å². The Balaban J connectivity index is 2.82. The van der Waals surface area contributed by atoms with E-state index in [-0.39, 0.29) is 17.4 Å². The first-order valence-electron chi connectivity index (χ1n) is 7.70. The Morgan fingerprint density at radius 3 is 2.24 bits per heavy atom. The van der Waals surface area contributed by atoms with Crippen LogP contribution >= 0.6 is 11.8 Å². The van der Waals surface area contributed by atoms with Crippen LogP contribution in [0.1, 0.15) is 45.7 Å². The fraction of sp³-hybridized carbons (Fsp3) is 0.647. The summed E-state index contributed by atoms with van der Waals surface area (Å²) >= 11 is 1.83. The van der Waals surface area contributed by atoms with E-state index in [1.807, 2.05) is 30.8 Å². The van der Waals surface area contributed by atoms with Crippen LogP contribution < -0.4 is 10.1 Å². The first-order valence-corrected chi connectivity index (χ1v) is 8.64. The number of benzene rings is 1. The molecule has 4 heteroatoms. The van der Waals surface area contributed by atoms with Crippen LogP contribution in [0.5, 0.6) is 5.75 Å². The fourth-order valence-corrected chi connectivity index (χ4v) is 3.51. The van der Waals surface area contributed by atoms with Crippen molar-refractivity contribution in [3.8, 4) is 5.75 Å². The van der Waals surface area contributed by atoms with E-state index in [0.29, 0.717) is 5.25 Å². The van der Waals surface area contributed by atoms with E-state index in [2.05, 4.69) is 38.2 Å². The lowest BCUT2D eigenvalue weighted by atomic mass is 10.0. The number of thioether (sulfide) groups is 1. The number of ether oxygens (including phenoxy) is 1. The average Bonchev–Trinajstić information content (AvgIpc) is 2.48. The van der Waals surface area contributed by atoms with Gasteiger partial charge in [-0.25, -0.2) is 0 Å². The third-order valence-electron chi connectivity index (χ3n) is 3.67. The van der Waals surface area contributed by atoms with E-state index >= 15 is 0 Å². The number of aliphatic hydroxyl groups excluding tert-OH is 1. The van der Waals surface area contributed by atoms with Gasteiger partial charge < -0.3 is 15.2 Å². The zero-order chi connectivity index (χ0) is 15.8. The van der Waals surface area contributed by atoms with Crippen molar-refractivity contribution in [1.82, 2.24) is 5.32 Å². The summed E-state index contributed by atoms with van der Waals surface area (Å²) in [6, 6.07) is 8.53. The molecule has 21 heavy (non-hydrogen) atoms. The molecule has 0 spiro atoms. The molecule has 4 atom stereocenters. The molecular weight excluding hydrogens is 282 g/mol. The zero-order valence-electron chi connectivity index (χ0n) is 13.8. The maximum absolute atomic E-state index is 9.71. The van der Waals surface area contributed by atoms with Crippen LogP contribution in [0.3, 0.4) is 0 Å². The highest BCUT2D eigenvalue weighted by atomic mass is 32.2. The Kier molecular flexibility index (Phi) is 8.15. The molecule has 2 N–H and O–H groups in total. The summed E-state index contributed by atoms with van der Waals surface area (Å²) in [6.45, 7) is 9.32. The highest BCUT2D eigenvalue weighted by molar-refractivity contribution is 8.00. The Bertz CT molecular complexity index is 394. The summed E-state index contributed by atoms with van der Waals surface area (Å²) in [5, 5.41) is 13.9. The molecule has 1 aromatic rings. The average molecular weight is 311 g/mol. The normalized spacial score (nSPS) is 17.0. The van der Waals surface area contributed by atoms with Gasteiger partial charge in [0.25, 0.3) is 0 Å². The molecule has 0 radical (unpaired) electrons. The molecule has 4 unspecified atom stereocenters. The summed E-state index contributed by atoms with van der Waals surface area (Å²) in [7, 11) is 1.69. The van der Waals surface area contributed by atoms with Crippen molar-refractivity contribution in [2.45, 2.75) is 56.8 Å². The molecule has 0 saturated carbocycles. The number of hydrogen-bond acceptors (Lipinski definition) is 4. The van der Waals surface area contributed by atoms with E-state index in [9.17, 15) is 5.11 Å². The van der Waals surface area contributed by atoms with Crippen molar-refractivity contribution < 1.29 is 9.84 Å². The number of rotatable bonds is 9. The number of nitrogens with one attached hydrogen (secondary N) is 1. The molecule has 0 bridgehead atoms. The summed E-state index contributed by atoms with van der Waals surface area (Å²) in [4.78, 5) is 0. The van der Waals surface area contributed by atoms with E-state index in [1.165, 1.54) is 5.56 Å². The molecule has 3 nitrogen and oxygen atoms in total. The van der Waals surface area contributed by atoms with Crippen molar-refractivity contribution in [1.29, 1.82) is 0 Å². The monoisotopic (exact) mass is 311 g/mol. The summed E-state index contributed by atoms with van der Waals surface area (Å²) < 4.78 is 5.23. The minimum absolute atomic E-state index is 0.226. The van der Waals surface area contributed by atoms with Gasteiger partial charge in [-0.3, -0.25) is 0 Å². The molecule has 0 fully saturated rings. The Labute approximate surface area is 133 Å². The number of methoxy groups -OCH3 is 1. The summed E-state index contributed by atoms with van der Waals surface area (Å²) in [5.74, 6) is 0.880. The molecule has 1 aromatic carbocycles. The lowest BCUT2D eigenvalue weighted by molar-refractivity contribution is 0.196. The molecule has 0 saturated heterocycles. The Morgan fingerprint density at radius 2 is 1.76 bits per heavy atom. The van der Waals surface area contributed by atoms with Gasteiger partial charge in [0.1, 0.15) is 5.75 Å². The maximum atomic E-state index is 9.71. The number of aliphatic hydroxyl groups is 1. The largest absolute Gasteiger partial charge is 0.497 e. The SMILES string of the molecule is CCCNC(c1ccc(OC)cc1)C(C)SC(C)C(C)O. The second-order valence-electron chi connectivity index (χ2n) is 5.49. The van der Waals surface area contributed by atoms with Crippen LogP contribution in [-0.2, 0) is 0 Å². The van der Waals surface area contributed by atoms with Crippen molar-refractivity contribution in [2.24, 2.45) is 0 Å². The second kappa shape index (κ2) is 9.34. The van der Waals surface area contributed by atoms with Crippen LogP contribution in [0, 0.1) is 0 Å². The van der Waals surface area contributed by atoms with E-state index < -0.39 is 0 Å². The Hall–Kier alpha value is -0.710. The Morgan fingerprint density at radius 1 is 1.14 bits per heavy atom. The molecule has 1 rings (SSSR count). The predicted molar refractivity (Wildman–Crippen MR) is 92.2 cm³/mol. The minimum Gasteiger partial charge on any atom is -0.497 e. The molecule has 0 aliphatic carbocycles. The quantitative estimate of drug-likeness (QED) is 0.731. The third-order valence-corrected chi connectivity index (χ3v) is 5.19. The number of hydrogen-bond donors (Lipinski definition) is 2. The maximum Gasteiger partial charge on any atom is 0.118 e. The molecule has 0 heterocycles. The second-order valence-corrected chi connectivity index (χ2v) is 7.25. The predicted octanol–water partition coefficient (Wildman–Crippen LogP) is 3.63. The highest BCUT2D eigenvalue weighted by Crippen LogP contribution is 2.31. The van der Waals surface area contributed by atoms with Crippen LogP contribution in [-0.4, -0.2) is 35.4 Å². The van der Waals surface area contributed by atoms with Crippen molar-refractivity contribution >= 4 is 11.8 Å². The lowest BCUT2D eigenvalue weighted by Crippen LogP contribution is -2.31. The zero-order valence-corrected chi connectivity index (χ0v) is 14.6. The smallest absolute Gasteiger partial charge is 0.118 e. The standard InChI is InChI=1S/C17H29NO2S/c1-6-11-18-17(14(4)21-13(3)12(2)19)15-7-9-16(20-5)10-8-15/h7-10,12-14,17-19H,6,11H2,1-5H3. The molecule has 0 amide bonds. The molecule has 0 aliphatic heterocycles. The van der Waals surface area contributed by atoms with Gasteiger partial charge in [0.05, 0.1) is 13.2 Å². The lowest BCUT2D eigenvalue weighted by Gasteiger charge is -2.28. The fourth-order valence-electron chi connectivity index (χ4n) is 2.20. The van der Waals surface area contributed by atoms with Crippen LogP contribution in [0.25, 0.3) is 0 Å². The van der Waals surface area contributed by atoms with Crippen molar-refractivity contribution in [3.63, 3.8) is 0 Å². The van der Waals surface area contributed by atoms with Gasteiger partial charge in [-0.15, -0.1) is 0 Å². The molecular formula is C17H29NO2S. The van der Waals surface area contributed by atoms with Crippen LogP contribution in [0.4, 0.5) is 0 Å². The highest BCUT2D eigenvalue weighted by Gasteiger charge is 2.23. The third kappa shape index (κ3) is 5.89. The van der Waals surface area contributed by atoms with Gasteiger partial charge in [0, 0.05) is 16.5 Å². The minimum atomic E-state index is -0.292. The van der Waals surface area contributed by atoms with Gasteiger partial charge in [-0.05, 0) is 37.6 Å². The summed E-state index contributed by atoms with van der Waals surface area (Å²) in [5.41, 5.74) is 1.27. The van der Waals surface area contributed by atoms with E-state index in [4.69, 9.17) is 4.74 Å². The topological polar surface area (TPSA) is 41.5 Å². The van der Waals surface area contributed by atoms with Crippen molar-refractivity contribution in [2.75, 3.05) is 13.7 Å². The summed E-state index contributed by atoms with van der Waals surface area (Å²) in [6.07, 6.45) is 0.816.